The minimum Gasteiger partial charge on any atom is -0.497 e. The number of ether oxygens (including phenoxy) is 3. The fraction of sp³-hybridized carbons (Fsp3) is 0.472. The molecule has 3 aromatic rings. The molecular weight excluding hydrogens is 554 g/mol. The summed E-state index contributed by atoms with van der Waals surface area (Å²) in [5.41, 5.74) is 2.49. The van der Waals surface area contributed by atoms with Crippen molar-refractivity contribution < 1.29 is 23.8 Å². The summed E-state index contributed by atoms with van der Waals surface area (Å²) in [5.74, 6) is 0.973. The lowest BCUT2D eigenvalue weighted by Gasteiger charge is -2.37. The highest BCUT2D eigenvalue weighted by Gasteiger charge is 2.44. The van der Waals surface area contributed by atoms with Crippen LogP contribution in [0, 0.1) is 0 Å². The molecule has 44 heavy (non-hydrogen) atoms. The topological polar surface area (TPSA) is 81.2 Å². The van der Waals surface area contributed by atoms with Crippen LogP contribution in [0.15, 0.2) is 67.3 Å². The second-order valence-electron chi connectivity index (χ2n) is 11.8. The fourth-order valence-corrected chi connectivity index (χ4v) is 6.51. The van der Waals surface area contributed by atoms with Gasteiger partial charge in [0.05, 0.1) is 38.0 Å². The summed E-state index contributed by atoms with van der Waals surface area (Å²) in [4.78, 5) is 36.3. The van der Waals surface area contributed by atoms with Gasteiger partial charge in [-0.05, 0) is 57.3 Å². The molecule has 0 saturated carbocycles. The van der Waals surface area contributed by atoms with E-state index < -0.39 is 12.0 Å². The van der Waals surface area contributed by atoms with Gasteiger partial charge in [0, 0.05) is 29.5 Å². The van der Waals surface area contributed by atoms with E-state index in [1.807, 2.05) is 60.7 Å². The first-order chi connectivity index (χ1) is 21.5. The summed E-state index contributed by atoms with van der Waals surface area (Å²) in [7, 11) is 3.02. The summed E-state index contributed by atoms with van der Waals surface area (Å²) in [6.45, 7) is 5.97. The van der Waals surface area contributed by atoms with Crippen molar-refractivity contribution in [1.29, 1.82) is 0 Å². The van der Waals surface area contributed by atoms with Gasteiger partial charge in [0.15, 0.2) is 0 Å². The minimum atomic E-state index is -0.688. The Hall–Kier alpha value is -3.91. The van der Waals surface area contributed by atoms with Gasteiger partial charge in [-0.1, -0.05) is 55.7 Å². The number of amides is 1. The number of likely N-dealkylation sites (tertiary alicyclic amines) is 2. The van der Waals surface area contributed by atoms with E-state index >= 15 is 0 Å². The number of methoxy groups -OCH3 is 2. The van der Waals surface area contributed by atoms with Crippen LogP contribution in [0.5, 0.6) is 11.5 Å². The first kappa shape index (κ1) is 31.5. The third kappa shape index (κ3) is 7.41. The molecule has 0 spiro atoms. The molecule has 0 N–H and O–H groups in total. The number of carbonyl (C=O) groups excluding carboxylic acids is 2. The molecule has 3 atom stereocenters. The predicted octanol–water partition coefficient (Wildman–Crippen LogP) is 6.42. The molecule has 2 aliphatic rings. The zero-order chi connectivity index (χ0) is 30.9. The molecular formula is C36H45N3O5. The van der Waals surface area contributed by atoms with Crippen LogP contribution in [-0.2, 0) is 14.3 Å². The molecule has 3 heterocycles. The number of benzene rings is 2. The number of esters is 1. The highest BCUT2D eigenvalue weighted by Crippen LogP contribution is 2.35. The standard InChI is InChI=1S/C36H45N3O5/c1-4-5-6-7-12-17-32(38-20-13-9-14-21-38)35(40)39-25-28(23-33(39)36(41)43-3)44-34-24-30(26-15-10-8-11-16-26)37-31-22-27(42-2)18-19-29(31)34/h4,8,10-11,15-16,18-19,22,24,28,32-33H,1,5-7,9,12-14,17,20-21,23,25H2,2-3H3/t28-,32+,33+/m1/s1. The lowest BCUT2D eigenvalue weighted by molar-refractivity contribution is -0.153. The number of nitrogens with zero attached hydrogens (tertiary/aromatic N) is 3. The number of hydrogen-bond acceptors (Lipinski definition) is 7. The third-order valence-electron chi connectivity index (χ3n) is 8.86. The first-order valence-corrected chi connectivity index (χ1v) is 16.0. The van der Waals surface area contributed by atoms with Crippen molar-refractivity contribution in [3.05, 3.63) is 67.3 Å². The molecule has 2 saturated heterocycles. The third-order valence-corrected chi connectivity index (χ3v) is 8.86. The molecule has 8 nitrogen and oxygen atoms in total. The minimum absolute atomic E-state index is 0.00594. The molecule has 2 fully saturated rings. The van der Waals surface area contributed by atoms with Crippen LogP contribution in [-0.4, -0.2) is 78.7 Å². The molecule has 0 radical (unpaired) electrons. The Balaban J connectivity index is 1.41. The van der Waals surface area contributed by atoms with Gasteiger partial charge in [-0.15, -0.1) is 6.58 Å². The predicted molar refractivity (Wildman–Crippen MR) is 173 cm³/mol. The molecule has 2 aliphatic heterocycles. The van der Waals surface area contributed by atoms with Crippen molar-refractivity contribution in [3.63, 3.8) is 0 Å². The van der Waals surface area contributed by atoms with Crippen LogP contribution in [0.4, 0.5) is 0 Å². The Morgan fingerprint density at radius 1 is 1.02 bits per heavy atom. The smallest absolute Gasteiger partial charge is 0.328 e. The summed E-state index contributed by atoms with van der Waals surface area (Å²) in [6, 6.07) is 16.7. The van der Waals surface area contributed by atoms with Crippen molar-refractivity contribution in [2.45, 2.75) is 76.0 Å². The molecule has 0 aliphatic carbocycles. The van der Waals surface area contributed by atoms with Gasteiger partial charge in [0.25, 0.3) is 0 Å². The van der Waals surface area contributed by atoms with E-state index in [1.54, 1.807) is 12.0 Å². The number of aromatic nitrogens is 1. The maximum absolute atomic E-state index is 14.3. The molecule has 2 aromatic carbocycles. The monoisotopic (exact) mass is 599 g/mol. The second-order valence-corrected chi connectivity index (χ2v) is 11.8. The zero-order valence-electron chi connectivity index (χ0n) is 26.1. The van der Waals surface area contributed by atoms with Gasteiger partial charge in [-0.2, -0.15) is 0 Å². The van der Waals surface area contributed by atoms with Crippen molar-refractivity contribution in [2.75, 3.05) is 33.9 Å². The Bertz CT molecular complexity index is 1420. The van der Waals surface area contributed by atoms with Crippen LogP contribution in [0.2, 0.25) is 0 Å². The highest BCUT2D eigenvalue weighted by atomic mass is 16.5. The van der Waals surface area contributed by atoms with E-state index in [9.17, 15) is 9.59 Å². The molecule has 0 bridgehead atoms. The van der Waals surface area contributed by atoms with Crippen LogP contribution < -0.4 is 9.47 Å². The van der Waals surface area contributed by atoms with Crippen LogP contribution in [0.25, 0.3) is 22.2 Å². The molecule has 1 aromatic heterocycles. The van der Waals surface area contributed by atoms with Crippen LogP contribution >= 0.6 is 0 Å². The summed E-state index contributed by atoms with van der Waals surface area (Å²) in [6.07, 6.45) is 10.2. The average molecular weight is 600 g/mol. The molecule has 8 heteroatoms. The van der Waals surface area contributed by atoms with Gasteiger partial charge >= 0.3 is 5.97 Å². The van der Waals surface area contributed by atoms with Gasteiger partial charge in [0.2, 0.25) is 5.91 Å². The van der Waals surface area contributed by atoms with Crippen LogP contribution in [0.1, 0.15) is 57.8 Å². The maximum atomic E-state index is 14.3. The van der Waals surface area contributed by atoms with Gasteiger partial charge in [-0.25, -0.2) is 9.78 Å². The summed E-state index contributed by atoms with van der Waals surface area (Å²) >= 11 is 0. The Morgan fingerprint density at radius 2 is 1.82 bits per heavy atom. The van der Waals surface area contributed by atoms with Crippen molar-refractivity contribution in [2.24, 2.45) is 0 Å². The van der Waals surface area contributed by atoms with Crippen molar-refractivity contribution in [1.82, 2.24) is 14.8 Å². The number of piperidine rings is 1. The number of hydrogen-bond donors (Lipinski definition) is 0. The number of unbranched alkanes of at least 4 members (excludes halogenated alkanes) is 3. The molecule has 5 rings (SSSR count). The fourth-order valence-electron chi connectivity index (χ4n) is 6.51. The zero-order valence-corrected chi connectivity index (χ0v) is 26.1. The number of allylic oxidation sites excluding steroid dienone is 1. The van der Waals surface area contributed by atoms with E-state index in [2.05, 4.69) is 11.5 Å². The highest BCUT2D eigenvalue weighted by molar-refractivity contribution is 5.90. The van der Waals surface area contributed by atoms with E-state index in [1.165, 1.54) is 13.5 Å². The van der Waals surface area contributed by atoms with E-state index in [-0.39, 0.29) is 18.1 Å². The Morgan fingerprint density at radius 3 is 2.55 bits per heavy atom. The molecule has 1 amide bonds. The normalized spacial score (nSPS) is 19.5. The Labute approximate surface area is 261 Å². The quantitative estimate of drug-likeness (QED) is 0.127. The van der Waals surface area contributed by atoms with E-state index in [0.29, 0.717) is 24.5 Å². The SMILES string of the molecule is C=CCCCCC[C@@H](C(=O)N1C[C@H](Oc2cc(-c3ccccc3)nc3cc(OC)ccc23)C[C@H]1C(=O)OC)N1CCCCC1. The number of fused-ring (bicyclic) bond motifs is 1. The van der Waals surface area contributed by atoms with E-state index in [4.69, 9.17) is 19.2 Å². The largest absolute Gasteiger partial charge is 0.497 e. The van der Waals surface area contributed by atoms with Gasteiger partial charge in [-0.3, -0.25) is 9.69 Å². The summed E-state index contributed by atoms with van der Waals surface area (Å²) in [5, 5.41) is 0.843. The lowest BCUT2D eigenvalue weighted by atomic mass is 10.0. The second kappa shape index (κ2) is 15.2. The van der Waals surface area contributed by atoms with Crippen molar-refractivity contribution in [3.8, 4) is 22.8 Å². The van der Waals surface area contributed by atoms with Crippen LogP contribution in [0.3, 0.4) is 0 Å². The number of pyridine rings is 1. The van der Waals surface area contributed by atoms with Gasteiger partial charge in [0.1, 0.15) is 23.6 Å². The number of carbonyl (C=O) groups is 2. The average Bonchev–Trinajstić information content (AvgIpc) is 3.50. The first-order valence-electron chi connectivity index (χ1n) is 16.0. The lowest BCUT2D eigenvalue weighted by Crippen LogP contribution is -2.53. The molecule has 0 unspecified atom stereocenters. The van der Waals surface area contributed by atoms with Crippen molar-refractivity contribution >= 4 is 22.8 Å². The number of rotatable bonds is 13. The van der Waals surface area contributed by atoms with E-state index in [0.717, 1.165) is 80.2 Å². The Kier molecular flexibility index (Phi) is 10.9. The summed E-state index contributed by atoms with van der Waals surface area (Å²) < 4.78 is 17.3. The maximum Gasteiger partial charge on any atom is 0.328 e. The molecule has 234 valence electrons. The van der Waals surface area contributed by atoms with Gasteiger partial charge < -0.3 is 19.1 Å².